The van der Waals surface area contributed by atoms with E-state index < -0.39 is 5.41 Å². The van der Waals surface area contributed by atoms with E-state index in [0.29, 0.717) is 11.8 Å². The maximum atomic E-state index is 12.1. The summed E-state index contributed by atoms with van der Waals surface area (Å²) in [4.78, 5) is 20.8. The zero-order valence-corrected chi connectivity index (χ0v) is 14.7. The number of amides is 1. The molecular weight excluding hydrogens is 346 g/mol. The van der Waals surface area contributed by atoms with Crippen LogP contribution in [0.1, 0.15) is 19.4 Å². The van der Waals surface area contributed by atoms with Crippen LogP contribution >= 0.6 is 0 Å². The molecule has 0 aliphatic carbocycles. The van der Waals surface area contributed by atoms with Crippen molar-refractivity contribution in [2.75, 3.05) is 10.6 Å². The van der Waals surface area contributed by atoms with Crippen molar-refractivity contribution in [1.29, 1.82) is 0 Å². The normalized spacial score (nSPS) is 24.1. The van der Waals surface area contributed by atoms with E-state index >= 15 is 0 Å². The number of aromatic nitrogens is 1. The highest BCUT2D eigenvalue weighted by molar-refractivity contribution is 6.38. The highest BCUT2D eigenvalue weighted by atomic mass is 16.5. The average Bonchev–Trinajstić information content (AvgIpc) is 3.33. The lowest BCUT2D eigenvalue weighted by Gasteiger charge is -2.20. The van der Waals surface area contributed by atoms with E-state index in [0.717, 1.165) is 22.6 Å². The maximum absolute atomic E-state index is 12.1. The van der Waals surface area contributed by atoms with Crippen LogP contribution in [0, 0.1) is 0 Å². The second-order valence-electron chi connectivity index (χ2n) is 7.00. The monoisotopic (exact) mass is 362 g/mol. The SMILES string of the molecule is CC1(C)C(=O)Nc2cc(NC3=N[N+]4(c5cnoc5)C=CN=CC4=N3)ccc21. The Kier molecular flexibility index (Phi) is 3.02. The fourth-order valence-corrected chi connectivity index (χ4v) is 3.38. The molecule has 0 radical (unpaired) electrons. The first-order valence-corrected chi connectivity index (χ1v) is 8.41. The second-order valence-corrected chi connectivity index (χ2v) is 7.00. The Hall–Kier alpha value is -3.59. The molecule has 9 heteroatoms. The summed E-state index contributed by atoms with van der Waals surface area (Å²) in [5.74, 6) is 1.04. The molecular formula is C18H16N7O2+. The number of hydrogen-bond donors (Lipinski definition) is 2. The van der Waals surface area contributed by atoms with E-state index in [1.54, 1.807) is 24.8 Å². The molecule has 4 heterocycles. The van der Waals surface area contributed by atoms with Gasteiger partial charge in [0.2, 0.25) is 11.6 Å². The van der Waals surface area contributed by atoms with E-state index in [4.69, 9.17) is 9.62 Å². The highest BCUT2D eigenvalue weighted by Crippen LogP contribution is 2.39. The Bertz CT molecular complexity index is 1080. The maximum Gasteiger partial charge on any atom is 0.287 e. The molecule has 27 heavy (non-hydrogen) atoms. The molecule has 3 aliphatic heterocycles. The van der Waals surface area contributed by atoms with Gasteiger partial charge in [-0.25, -0.2) is 0 Å². The quantitative estimate of drug-likeness (QED) is 0.801. The van der Waals surface area contributed by atoms with Crippen molar-refractivity contribution in [2.45, 2.75) is 19.3 Å². The number of guanidine groups is 1. The Morgan fingerprint density at radius 1 is 1.30 bits per heavy atom. The molecule has 1 atom stereocenters. The summed E-state index contributed by atoms with van der Waals surface area (Å²) in [7, 11) is 0. The molecule has 1 amide bonds. The van der Waals surface area contributed by atoms with Crippen LogP contribution in [0.25, 0.3) is 0 Å². The summed E-state index contributed by atoms with van der Waals surface area (Å²) in [6.45, 7) is 3.82. The molecule has 0 spiro atoms. The predicted octanol–water partition coefficient (Wildman–Crippen LogP) is 2.56. The van der Waals surface area contributed by atoms with Gasteiger partial charge in [0, 0.05) is 11.4 Å². The van der Waals surface area contributed by atoms with Gasteiger partial charge in [0.15, 0.2) is 12.5 Å². The van der Waals surface area contributed by atoms with Crippen molar-refractivity contribution in [1.82, 2.24) is 9.75 Å². The van der Waals surface area contributed by atoms with Crippen molar-refractivity contribution < 1.29 is 9.32 Å². The number of carbonyl (C=O) groups is 1. The molecule has 0 fully saturated rings. The molecule has 134 valence electrons. The van der Waals surface area contributed by atoms with Crippen LogP contribution in [0.4, 0.5) is 17.1 Å². The largest absolute Gasteiger partial charge is 0.358 e. The lowest BCUT2D eigenvalue weighted by Crippen LogP contribution is -2.44. The van der Waals surface area contributed by atoms with Gasteiger partial charge in [0.05, 0.1) is 11.6 Å². The number of quaternary nitrogens is 1. The Balaban J connectivity index is 1.49. The summed E-state index contributed by atoms with van der Waals surface area (Å²) < 4.78 is 4.98. The lowest BCUT2D eigenvalue weighted by molar-refractivity contribution is -0.119. The fraction of sp³-hybridized carbons (Fsp3) is 0.167. The molecule has 3 aliphatic rings. The summed E-state index contributed by atoms with van der Waals surface area (Å²) >= 11 is 0. The molecule has 9 nitrogen and oxygen atoms in total. The van der Waals surface area contributed by atoms with Crippen LogP contribution in [-0.2, 0) is 10.2 Å². The Morgan fingerprint density at radius 3 is 3.00 bits per heavy atom. The van der Waals surface area contributed by atoms with Crippen LogP contribution in [-0.4, -0.2) is 29.1 Å². The standard InChI is InChI=1S/C18H15N7O2/c1-18(2)13-4-3-11(7-14(13)22-16(18)26)21-17-23-15-9-19-5-6-25(15,24-17)12-8-20-27-10-12/h3-10H,1-2H3,(H-,21,22,24,26)/p+1. The molecule has 5 rings (SSSR count). The summed E-state index contributed by atoms with van der Waals surface area (Å²) in [6, 6.07) is 5.74. The van der Waals surface area contributed by atoms with E-state index in [2.05, 4.69) is 25.8 Å². The van der Waals surface area contributed by atoms with Crippen LogP contribution in [0.5, 0.6) is 0 Å². The van der Waals surface area contributed by atoms with Gasteiger partial charge in [-0.15, -0.1) is 0 Å². The van der Waals surface area contributed by atoms with E-state index in [-0.39, 0.29) is 10.5 Å². The molecule has 1 aromatic heterocycles. The molecule has 1 aromatic carbocycles. The number of rotatable bonds is 2. The third kappa shape index (κ3) is 2.18. The Labute approximate surface area is 154 Å². The van der Waals surface area contributed by atoms with E-state index in [1.807, 2.05) is 32.0 Å². The van der Waals surface area contributed by atoms with Gasteiger partial charge in [-0.1, -0.05) is 15.8 Å². The van der Waals surface area contributed by atoms with Crippen LogP contribution in [0.3, 0.4) is 0 Å². The number of fused-ring (bicyclic) bond motifs is 2. The fourth-order valence-electron chi connectivity index (χ4n) is 3.38. The van der Waals surface area contributed by atoms with Crippen LogP contribution in [0.2, 0.25) is 0 Å². The molecule has 0 saturated heterocycles. The van der Waals surface area contributed by atoms with Crippen molar-refractivity contribution >= 4 is 41.0 Å². The number of anilines is 2. The topological polar surface area (TPSA) is 104 Å². The second kappa shape index (κ2) is 5.21. The number of nitrogens with zero attached hydrogens (tertiary/aromatic N) is 5. The number of nitrogens with one attached hydrogen (secondary N) is 2. The summed E-state index contributed by atoms with van der Waals surface area (Å²) in [6.07, 6.45) is 8.23. The minimum atomic E-state index is -0.537. The molecule has 0 saturated carbocycles. The third-order valence-electron chi connectivity index (χ3n) is 4.96. The number of amidine groups is 1. The third-order valence-corrected chi connectivity index (χ3v) is 4.96. The molecule has 2 aromatic rings. The van der Waals surface area contributed by atoms with Gasteiger partial charge < -0.3 is 15.2 Å². The number of aliphatic imine (C=N–C) groups is 2. The van der Waals surface area contributed by atoms with Crippen molar-refractivity contribution in [2.24, 2.45) is 15.1 Å². The smallest absolute Gasteiger partial charge is 0.287 e. The first-order chi connectivity index (χ1) is 13.0. The first kappa shape index (κ1) is 15.6. The summed E-state index contributed by atoms with van der Waals surface area (Å²) in [5, 5.41) is 14.6. The number of carbonyl (C=O) groups excluding carboxylic acids is 1. The molecule has 1 unspecified atom stereocenters. The molecule has 0 bridgehead atoms. The lowest BCUT2D eigenvalue weighted by atomic mass is 9.86. The van der Waals surface area contributed by atoms with E-state index in [1.165, 1.54) is 6.26 Å². The van der Waals surface area contributed by atoms with Gasteiger partial charge in [0.25, 0.3) is 11.8 Å². The average molecular weight is 362 g/mol. The zero-order chi connectivity index (χ0) is 18.6. The first-order valence-electron chi connectivity index (χ1n) is 8.41. The van der Waals surface area contributed by atoms with Gasteiger partial charge >= 0.3 is 0 Å². The van der Waals surface area contributed by atoms with Crippen molar-refractivity contribution in [3.63, 3.8) is 0 Å². The number of hydrogen-bond acceptors (Lipinski definition) is 7. The summed E-state index contributed by atoms with van der Waals surface area (Å²) in [5.41, 5.74) is 2.72. The number of benzene rings is 1. The Morgan fingerprint density at radius 2 is 2.19 bits per heavy atom. The van der Waals surface area contributed by atoms with E-state index in [9.17, 15) is 4.79 Å². The van der Waals surface area contributed by atoms with Gasteiger partial charge in [-0.2, -0.15) is 4.99 Å². The van der Waals surface area contributed by atoms with Crippen LogP contribution in [0.15, 0.2) is 62.7 Å². The zero-order valence-electron chi connectivity index (χ0n) is 14.7. The van der Waals surface area contributed by atoms with Gasteiger partial charge in [-0.3, -0.25) is 9.79 Å². The van der Waals surface area contributed by atoms with Crippen molar-refractivity contribution in [3.05, 3.63) is 48.6 Å². The van der Waals surface area contributed by atoms with Gasteiger partial charge in [-0.05, 0) is 36.6 Å². The predicted molar refractivity (Wildman–Crippen MR) is 103 cm³/mol. The molecule has 2 N–H and O–H groups in total. The minimum absolute atomic E-state index is 0.00401. The van der Waals surface area contributed by atoms with Crippen LogP contribution < -0.4 is 15.2 Å². The highest BCUT2D eigenvalue weighted by Gasteiger charge is 2.44. The van der Waals surface area contributed by atoms with Crippen molar-refractivity contribution in [3.8, 4) is 0 Å². The van der Waals surface area contributed by atoms with Gasteiger partial charge in [0.1, 0.15) is 12.4 Å². The minimum Gasteiger partial charge on any atom is -0.358 e.